The van der Waals surface area contributed by atoms with E-state index in [0.717, 1.165) is 63.8 Å². The van der Waals surface area contributed by atoms with Gasteiger partial charge in [-0.05, 0) is 25.6 Å². The van der Waals surface area contributed by atoms with Crippen molar-refractivity contribution in [3.63, 3.8) is 0 Å². The molecule has 0 unspecified atom stereocenters. The molecule has 1 aliphatic heterocycles. The number of benzene rings is 1. The molecule has 2 aromatic rings. The molecule has 6 heteroatoms. The molecule has 1 aromatic carbocycles. The van der Waals surface area contributed by atoms with E-state index in [2.05, 4.69) is 57.9 Å². The molecule has 0 amide bonds. The molecule has 0 atom stereocenters. The van der Waals surface area contributed by atoms with E-state index in [1.165, 1.54) is 11.4 Å². The van der Waals surface area contributed by atoms with E-state index in [0.29, 0.717) is 0 Å². The van der Waals surface area contributed by atoms with Crippen LogP contribution in [0.25, 0.3) is 5.69 Å². The fraction of sp³-hybridized carbons (Fsp3) is 0.550. The molecule has 26 heavy (non-hydrogen) atoms. The molecule has 2 heterocycles. The number of methoxy groups -OCH3 is 1. The Labute approximate surface area is 156 Å². The molecule has 0 saturated carbocycles. The first-order valence-corrected chi connectivity index (χ1v) is 9.55. The molecule has 1 aliphatic rings. The van der Waals surface area contributed by atoms with Crippen LogP contribution in [0.15, 0.2) is 30.3 Å². The van der Waals surface area contributed by atoms with E-state index < -0.39 is 0 Å². The zero-order valence-electron chi connectivity index (χ0n) is 16.2. The molecule has 0 bridgehead atoms. The van der Waals surface area contributed by atoms with Crippen molar-refractivity contribution in [1.29, 1.82) is 0 Å². The monoisotopic (exact) mass is 357 g/mol. The second kappa shape index (κ2) is 9.16. The summed E-state index contributed by atoms with van der Waals surface area (Å²) in [5, 5.41) is 8.38. The third-order valence-electron chi connectivity index (χ3n) is 5.06. The molecule has 6 nitrogen and oxygen atoms in total. The molecule has 0 spiro atoms. The predicted octanol–water partition coefficient (Wildman–Crippen LogP) is 2.06. The maximum absolute atomic E-state index is 5.16. The number of para-hydroxylation sites is 1. The van der Waals surface area contributed by atoms with Gasteiger partial charge in [0, 0.05) is 51.9 Å². The number of ether oxygens (including phenoxy) is 1. The number of rotatable bonds is 8. The number of piperazine rings is 1. The fourth-order valence-corrected chi connectivity index (χ4v) is 3.49. The van der Waals surface area contributed by atoms with E-state index >= 15 is 0 Å². The molecule has 1 fully saturated rings. The van der Waals surface area contributed by atoms with Crippen LogP contribution < -0.4 is 10.2 Å². The van der Waals surface area contributed by atoms with E-state index in [9.17, 15) is 0 Å². The predicted molar refractivity (Wildman–Crippen MR) is 106 cm³/mol. The summed E-state index contributed by atoms with van der Waals surface area (Å²) in [5.74, 6) is 1.23. The lowest BCUT2D eigenvalue weighted by atomic mass is 10.2. The normalized spacial score (nSPS) is 15.6. The van der Waals surface area contributed by atoms with Gasteiger partial charge in [-0.2, -0.15) is 5.10 Å². The van der Waals surface area contributed by atoms with Crippen LogP contribution in [0.4, 0.5) is 5.82 Å². The van der Waals surface area contributed by atoms with Gasteiger partial charge in [-0.25, -0.2) is 4.68 Å². The third kappa shape index (κ3) is 4.26. The number of aryl methyl sites for hydroxylation is 1. The summed E-state index contributed by atoms with van der Waals surface area (Å²) in [5.41, 5.74) is 3.49. The summed E-state index contributed by atoms with van der Waals surface area (Å²) >= 11 is 0. The summed E-state index contributed by atoms with van der Waals surface area (Å²) in [7, 11) is 1.74. The van der Waals surface area contributed by atoms with Crippen molar-refractivity contribution < 1.29 is 4.74 Å². The summed E-state index contributed by atoms with van der Waals surface area (Å²) in [6.45, 7) is 12.1. The van der Waals surface area contributed by atoms with Crippen molar-refractivity contribution in [2.75, 3.05) is 57.9 Å². The van der Waals surface area contributed by atoms with Crippen LogP contribution in [0.5, 0.6) is 0 Å². The van der Waals surface area contributed by atoms with Gasteiger partial charge in [-0.15, -0.1) is 0 Å². The number of nitrogens with one attached hydrogen (secondary N) is 1. The first kappa shape index (κ1) is 18.9. The summed E-state index contributed by atoms with van der Waals surface area (Å²) < 4.78 is 7.27. The molecule has 1 N–H and O–H groups in total. The van der Waals surface area contributed by atoms with Crippen molar-refractivity contribution in [2.24, 2.45) is 0 Å². The number of hydrogen-bond donors (Lipinski definition) is 1. The maximum atomic E-state index is 5.16. The Balaban J connectivity index is 1.89. The SMILES string of the molecule is CCN1CCN(c2c(CNCCOC)c(C)nn2-c2ccccc2)CC1. The van der Waals surface area contributed by atoms with Gasteiger partial charge in [0.15, 0.2) is 0 Å². The Bertz CT molecular complexity index is 677. The average Bonchev–Trinajstić information content (AvgIpc) is 3.02. The number of likely N-dealkylation sites (N-methyl/N-ethyl adjacent to an activating group) is 1. The van der Waals surface area contributed by atoms with Crippen molar-refractivity contribution in [3.05, 3.63) is 41.6 Å². The lowest BCUT2D eigenvalue weighted by Gasteiger charge is -2.36. The Morgan fingerprint density at radius 3 is 2.50 bits per heavy atom. The molecule has 0 radical (unpaired) electrons. The van der Waals surface area contributed by atoms with Gasteiger partial charge >= 0.3 is 0 Å². The molecule has 3 rings (SSSR count). The lowest BCUT2D eigenvalue weighted by Crippen LogP contribution is -2.47. The number of nitrogens with zero attached hydrogens (tertiary/aromatic N) is 4. The molecular weight excluding hydrogens is 326 g/mol. The largest absolute Gasteiger partial charge is 0.383 e. The first-order valence-electron chi connectivity index (χ1n) is 9.55. The smallest absolute Gasteiger partial charge is 0.137 e. The minimum atomic E-state index is 0.719. The quantitative estimate of drug-likeness (QED) is 0.733. The average molecular weight is 358 g/mol. The second-order valence-electron chi connectivity index (χ2n) is 6.73. The topological polar surface area (TPSA) is 45.6 Å². The van der Waals surface area contributed by atoms with Gasteiger partial charge in [0.05, 0.1) is 18.0 Å². The van der Waals surface area contributed by atoms with Crippen molar-refractivity contribution >= 4 is 5.82 Å². The highest BCUT2D eigenvalue weighted by atomic mass is 16.5. The Morgan fingerprint density at radius 2 is 1.85 bits per heavy atom. The van der Waals surface area contributed by atoms with Gasteiger partial charge in [-0.1, -0.05) is 25.1 Å². The van der Waals surface area contributed by atoms with Crippen LogP contribution in [-0.2, 0) is 11.3 Å². The van der Waals surface area contributed by atoms with Gasteiger partial charge < -0.3 is 19.9 Å². The highest BCUT2D eigenvalue weighted by molar-refractivity contribution is 5.55. The van der Waals surface area contributed by atoms with Gasteiger partial charge in [0.2, 0.25) is 0 Å². The molecule has 1 aromatic heterocycles. The van der Waals surface area contributed by atoms with Crippen LogP contribution in [0.1, 0.15) is 18.2 Å². The summed E-state index contributed by atoms with van der Waals surface area (Å²) in [6, 6.07) is 10.4. The van der Waals surface area contributed by atoms with Crippen molar-refractivity contribution in [2.45, 2.75) is 20.4 Å². The zero-order valence-corrected chi connectivity index (χ0v) is 16.2. The van der Waals surface area contributed by atoms with E-state index in [-0.39, 0.29) is 0 Å². The molecule has 1 saturated heterocycles. The second-order valence-corrected chi connectivity index (χ2v) is 6.73. The van der Waals surface area contributed by atoms with E-state index in [1.54, 1.807) is 7.11 Å². The van der Waals surface area contributed by atoms with Gasteiger partial charge in [-0.3, -0.25) is 0 Å². The van der Waals surface area contributed by atoms with Crippen LogP contribution in [0.3, 0.4) is 0 Å². The van der Waals surface area contributed by atoms with E-state index in [1.807, 2.05) is 6.07 Å². The molecular formula is C20H31N5O. The van der Waals surface area contributed by atoms with Crippen LogP contribution >= 0.6 is 0 Å². The van der Waals surface area contributed by atoms with Crippen molar-refractivity contribution in [3.8, 4) is 5.69 Å². The minimum absolute atomic E-state index is 0.719. The highest BCUT2D eigenvalue weighted by Crippen LogP contribution is 2.28. The summed E-state index contributed by atoms with van der Waals surface area (Å²) in [4.78, 5) is 5.00. The maximum Gasteiger partial charge on any atom is 0.137 e. The first-order chi connectivity index (χ1) is 12.7. The minimum Gasteiger partial charge on any atom is -0.383 e. The fourth-order valence-electron chi connectivity index (χ4n) is 3.49. The molecule has 142 valence electrons. The van der Waals surface area contributed by atoms with Crippen molar-refractivity contribution in [1.82, 2.24) is 20.0 Å². The standard InChI is InChI=1S/C20H31N5O/c1-4-23-11-13-24(14-12-23)20-19(16-21-10-15-26-3)17(2)22-25(20)18-8-6-5-7-9-18/h5-9,21H,4,10-16H2,1-3H3. The highest BCUT2D eigenvalue weighted by Gasteiger charge is 2.24. The van der Waals surface area contributed by atoms with Crippen LogP contribution in [0.2, 0.25) is 0 Å². The van der Waals surface area contributed by atoms with Gasteiger partial charge in [0.1, 0.15) is 5.82 Å². The van der Waals surface area contributed by atoms with Crippen LogP contribution in [-0.4, -0.2) is 67.7 Å². The Kier molecular flexibility index (Phi) is 6.66. The molecule has 0 aliphatic carbocycles. The number of anilines is 1. The number of hydrogen-bond acceptors (Lipinski definition) is 5. The lowest BCUT2D eigenvalue weighted by molar-refractivity contribution is 0.199. The number of aromatic nitrogens is 2. The van der Waals surface area contributed by atoms with E-state index in [4.69, 9.17) is 9.84 Å². The van der Waals surface area contributed by atoms with Gasteiger partial charge in [0.25, 0.3) is 0 Å². The Hall–Kier alpha value is -1.89. The van der Waals surface area contributed by atoms with Crippen LogP contribution in [0, 0.1) is 6.92 Å². The third-order valence-corrected chi connectivity index (χ3v) is 5.06. The zero-order chi connectivity index (χ0) is 18.4. The summed E-state index contributed by atoms with van der Waals surface area (Å²) in [6.07, 6.45) is 0. The Morgan fingerprint density at radius 1 is 1.12 bits per heavy atom.